The van der Waals surface area contributed by atoms with Gasteiger partial charge in [0.25, 0.3) is 0 Å². The zero-order valence-electron chi connectivity index (χ0n) is 8.48. The Morgan fingerprint density at radius 1 is 1.44 bits per heavy atom. The topological polar surface area (TPSA) is 69.4 Å². The Hall–Kier alpha value is -1.21. The van der Waals surface area contributed by atoms with Crippen molar-refractivity contribution >= 4 is 10.0 Å². The third-order valence-electron chi connectivity index (χ3n) is 1.94. The predicted molar refractivity (Wildman–Crippen MR) is 53.8 cm³/mol. The third-order valence-corrected chi connectivity index (χ3v) is 2.87. The molecule has 0 unspecified atom stereocenters. The number of ether oxygens (including phenoxy) is 1. The molecule has 0 bridgehead atoms. The van der Waals surface area contributed by atoms with Crippen molar-refractivity contribution in [2.75, 3.05) is 0 Å². The van der Waals surface area contributed by atoms with Crippen LogP contribution < -0.4 is 9.88 Å². The van der Waals surface area contributed by atoms with E-state index in [1.807, 2.05) is 0 Å². The monoisotopic (exact) mass is 251 g/mol. The van der Waals surface area contributed by atoms with Crippen LogP contribution in [0, 0.1) is 0 Å². The van der Waals surface area contributed by atoms with Gasteiger partial charge in [0, 0.05) is 0 Å². The van der Waals surface area contributed by atoms with Crippen molar-refractivity contribution in [1.82, 2.24) is 0 Å². The first kappa shape index (κ1) is 12.9. The molecule has 0 aliphatic carbocycles. The number of rotatable bonds is 4. The lowest BCUT2D eigenvalue weighted by Crippen LogP contribution is -2.15. The summed E-state index contributed by atoms with van der Waals surface area (Å²) in [7, 11) is -4.07. The van der Waals surface area contributed by atoms with Crippen LogP contribution in [0.2, 0.25) is 0 Å². The van der Waals surface area contributed by atoms with Gasteiger partial charge in [0.05, 0.1) is 0 Å². The van der Waals surface area contributed by atoms with Crippen LogP contribution in [0.3, 0.4) is 0 Å². The number of aryl methyl sites for hydroxylation is 1. The molecule has 0 amide bonds. The molecular formula is C9H11F2NO3S. The molecule has 0 heterocycles. The minimum absolute atomic E-state index is 0.424. The van der Waals surface area contributed by atoms with Crippen LogP contribution in [0.1, 0.15) is 12.5 Å². The van der Waals surface area contributed by atoms with Gasteiger partial charge in [-0.25, -0.2) is 13.6 Å². The molecule has 0 radical (unpaired) electrons. The molecule has 0 atom stereocenters. The van der Waals surface area contributed by atoms with Crippen molar-refractivity contribution in [2.24, 2.45) is 5.14 Å². The van der Waals surface area contributed by atoms with E-state index in [0.29, 0.717) is 12.0 Å². The molecule has 0 spiro atoms. The summed E-state index contributed by atoms with van der Waals surface area (Å²) in [6.45, 7) is -1.29. The smallest absolute Gasteiger partial charge is 0.387 e. The fraction of sp³-hybridized carbons (Fsp3) is 0.333. The number of halogens is 2. The maximum atomic E-state index is 12.0. The summed E-state index contributed by atoms with van der Waals surface area (Å²) in [5, 5.41) is 4.90. The van der Waals surface area contributed by atoms with Crippen LogP contribution in [0.4, 0.5) is 8.78 Å². The fourth-order valence-corrected chi connectivity index (χ4v) is 1.90. The SMILES string of the molecule is CCc1ccc(OC(F)F)c(S(N)(=O)=O)c1. The van der Waals surface area contributed by atoms with Crippen LogP contribution in [0.15, 0.2) is 23.1 Å². The van der Waals surface area contributed by atoms with Crippen molar-refractivity contribution in [3.8, 4) is 5.75 Å². The predicted octanol–water partition coefficient (Wildman–Crippen LogP) is 1.50. The molecular weight excluding hydrogens is 240 g/mol. The zero-order chi connectivity index (χ0) is 12.3. The van der Waals surface area contributed by atoms with Crippen LogP contribution >= 0.6 is 0 Å². The van der Waals surface area contributed by atoms with E-state index in [0.717, 1.165) is 0 Å². The highest BCUT2D eigenvalue weighted by molar-refractivity contribution is 7.89. The second kappa shape index (κ2) is 4.75. The van der Waals surface area contributed by atoms with Gasteiger partial charge in [-0.15, -0.1) is 0 Å². The minimum Gasteiger partial charge on any atom is -0.433 e. The molecule has 2 N–H and O–H groups in total. The summed E-state index contributed by atoms with van der Waals surface area (Å²) in [5.74, 6) is -0.435. The molecule has 0 saturated heterocycles. The Kier molecular flexibility index (Phi) is 3.82. The molecule has 0 aliphatic rings. The minimum atomic E-state index is -4.07. The van der Waals surface area contributed by atoms with Crippen LogP contribution in [-0.4, -0.2) is 15.0 Å². The normalized spacial score (nSPS) is 11.8. The Balaban J connectivity index is 3.28. The zero-order valence-corrected chi connectivity index (χ0v) is 9.30. The van der Waals surface area contributed by atoms with E-state index in [1.165, 1.54) is 18.2 Å². The molecule has 1 aromatic carbocycles. The molecule has 7 heteroatoms. The lowest BCUT2D eigenvalue weighted by Gasteiger charge is -2.10. The van der Waals surface area contributed by atoms with Crippen molar-refractivity contribution in [1.29, 1.82) is 0 Å². The number of hydrogen-bond donors (Lipinski definition) is 1. The standard InChI is InChI=1S/C9H11F2NO3S/c1-2-6-3-4-7(15-9(10)11)8(5-6)16(12,13)14/h3-5,9H,2H2,1H3,(H2,12,13,14). The van der Waals surface area contributed by atoms with Crippen molar-refractivity contribution in [3.05, 3.63) is 23.8 Å². The van der Waals surface area contributed by atoms with E-state index in [-0.39, 0.29) is 0 Å². The van der Waals surface area contributed by atoms with E-state index < -0.39 is 27.3 Å². The van der Waals surface area contributed by atoms with Crippen LogP contribution in [0.5, 0.6) is 5.75 Å². The van der Waals surface area contributed by atoms with E-state index in [4.69, 9.17) is 5.14 Å². The summed E-state index contributed by atoms with van der Waals surface area (Å²) < 4.78 is 50.4. The maximum absolute atomic E-state index is 12.0. The third kappa shape index (κ3) is 3.14. The fourth-order valence-electron chi connectivity index (χ4n) is 1.19. The average molecular weight is 251 g/mol. The van der Waals surface area contributed by atoms with Crippen LogP contribution in [-0.2, 0) is 16.4 Å². The van der Waals surface area contributed by atoms with Gasteiger partial charge in [0.2, 0.25) is 10.0 Å². The lowest BCUT2D eigenvalue weighted by atomic mass is 10.2. The molecule has 1 aromatic rings. The second-order valence-electron chi connectivity index (χ2n) is 3.06. The molecule has 1 rings (SSSR count). The lowest BCUT2D eigenvalue weighted by molar-refractivity contribution is -0.0517. The molecule has 90 valence electrons. The summed E-state index contributed by atoms with van der Waals surface area (Å²) >= 11 is 0. The Morgan fingerprint density at radius 3 is 2.50 bits per heavy atom. The number of primary sulfonamides is 1. The first-order valence-electron chi connectivity index (χ1n) is 4.45. The van der Waals surface area contributed by atoms with E-state index in [2.05, 4.69) is 4.74 Å². The van der Waals surface area contributed by atoms with Crippen molar-refractivity contribution in [3.63, 3.8) is 0 Å². The summed E-state index contributed by atoms with van der Waals surface area (Å²) in [4.78, 5) is -0.424. The van der Waals surface area contributed by atoms with Gasteiger partial charge >= 0.3 is 6.61 Å². The molecule has 0 fully saturated rings. The highest BCUT2D eigenvalue weighted by Crippen LogP contribution is 2.25. The molecule has 0 aromatic heterocycles. The number of sulfonamides is 1. The van der Waals surface area contributed by atoms with Gasteiger partial charge in [0.1, 0.15) is 10.6 Å². The summed E-state index contributed by atoms with van der Waals surface area (Å²) in [5.41, 5.74) is 0.672. The number of alkyl halides is 2. The highest BCUT2D eigenvalue weighted by Gasteiger charge is 2.18. The first-order chi connectivity index (χ1) is 7.34. The number of benzene rings is 1. The number of nitrogens with two attached hydrogens (primary N) is 1. The molecule has 0 aliphatic heterocycles. The Labute approximate surface area is 92.1 Å². The second-order valence-corrected chi connectivity index (χ2v) is 4.59. The quantitative estimate of drug-likeness (QED) is 0.881. The van der Waals surface area contributed by atoms with E-state index >= 15 is 0 Å². The average Bonchev–Trinajstić information content (AvgIpc) is 2.15. The van der Waals surface area contributed by atoms with Crippen molar-refractivity contribution < 1.29 is 21.9 Å². The first-order valence-corrected chi connectivity index (χ1v) is 5.99. The van der Waals surface area contributed by atoms with E-state index in [9.17, 15) is 17.2 Å². The van der Waals surface area contributed by atoms with Gasteiger partial charge in [-0.2, -0.15) is 8.78 Å². The highest BCUT2D eigenvalue weighted by atomic mass is 32.2. The molecule has 16 heavy (non-hydrogen) atoms. The largest absolute Gasteiger partial charge is 0.433 e. The van der Waals surface area contributed by atoms with Gasteiger partial charge < -0.3 is 4.74 Å². The summed E-state index contributed by atoms with van der Waals surface area (Å²) in [6, 6.07) is 3.91. The molecule has 0 saturated carbocycles. The van der Waals surface area contributed by atoms with Gasteiger partial charge in [-0.3, -0.25) is 0 Å². The van der Waals surface area contributed by atoms with Gasteiger partial charge in [-0.1, -0.05) is 13.0 Å². The number of hydrogen-bond acceptors (Lipinski definition) is 3. The molecule has 4 nitrogen and oxygen atoms in total. The maximum Gasteiger partial charge on any atom is 0.387 e. The van der Waals surface area contributed by atoms with E-state index in [1.54, 1.807) is 6.92 Å². The van der Waals surface area contributed by atoms with Crippen LogP contribution in [0.25, 0.3) is 0 Å². The Morgan fingerprint density at radius 2 is 2.06 bits per heavy atom. The summed E-state index contributed by atoms with van der Waals surface area (Å²) in [6.07, 6.45) is 0.567. The van der Waals surface area contributed by atoms with Crippen molar-refractivity contribution in [2.45, 2.75) is 24.9 Å². The Bertz CT molecular complexity index is 474. The van der Waals surface area contributed by atoms with Gasteiger partial charge in [-0.05, 0) is 24.1 Å². The van der Waals surface area contributed by atoms with Gasteiger partial charge in [0.15, 0.2) is 0 Å².